The summed E-state index contributed by atoms with van der Waals surface area (Å²) >= 11 is 5.27. The number of halogens is 1. The molecular weight excluding hydrogens is 350 g/mol. The standard InChI is InChI=1S/C16H16BrNO2S/c1-10(18)13-4-2-11(8-14(13)17)21-12-3-5-15-16(9-12)20-7-6-19-15/h2-5,8-10H,6-7,18H2,1H3/t10-/m0/s1. The molecule has 1 atom stereocenters. The number of rotatable bonds is 3. The Balaban J connectivity index is 1.82. The summed E-state index contributed by atoms with van der Waals surface area (Å²) in [4.78, 5) is 2.28. The molecule has 0 fully saturated rings. The SMILES string of the molecule is C[C@H](N)c1ccc(Sc2ccc3c(c2)OCCO3)cc1Br. The van der Waals surface area contributed by atoms with Crippen molar-refractivity contribution in [2.45, 2.75) is 22.8 Å². The minimum Gasteiger partial charge on any atom is -0.486 e. The van der Waals surface area contributed by atoms with Gasteiger partial charge < -0.3 is 15.2 Å². The summed E-state index contributed by atoms with van der Waals surface area (Å²) in [6, 6.07) is 12.3. The number of hydrogen-bond donors (Lipinski definition) is 1. The van der Waals surface area contributed by atoms with E-state index >= 15 is 0 Å². The number of fused-ring (bicyclic) bond motifs is 1. The van der Waals surface area contributed by atoms with Crippen LogP contribution in [0.2, 0.25) is 0 Å². The molecule has 1 aliphatic rings. The summed E-state index contributed by atoms with van der Waals surface area (Å²) in [5, 5.41) is 0. The van der Waals surface area contributed by atoms with Gasteiger partial charge in [-0.05, 0) is 42.8 Å². The molecule has 2 aromatic rings. The quantitative estimate of drug-likeness (QED) is 0.875. The van der Waals surface area contributed by atoms with E-state index in [1.54, 1.807) is 11.8 Å². The van der Waals surface area contributed by atoms with E-state index in [9.17, 15) is 0 Å². The molecule has 110 valence electrons. The van der Waals surface area contributed by atoms with Crippen molar-refractivity contribution in [2.75, 3.05) is 13.2 Å². The Morgan fingerprint density at radius 3 is 2.43 bits per heavy atom. The first-order valence-corrected chi connectivity index (χ1v) is 8.37. The average Bonchev–Trinajstić information content (AvgIpc) is 2.47. The lowest BCUT2D eigenvalue weighted by Crippen LogP contribution is -2.15. The highest BCUT2D eigenvalue weighted by molar-refractivity contribution is 9.10. The summed E-state index contributed by atoms with van der Waals surface area (Å²) in [7, 11) is 0. The van der Waals surface area contributed by atoms with Crippen LogP contribution < -0.4 is 15.2 Å². The van der Waals surface area contributed by atoms with E-state index < -0.39 is 0 Å². The molecule has 3 rings (SSSR count). The van der Waals surface area contributed by atoms with E-state index in [-0.39, 0.29) is 6.04 Å². The number of ether oxygens (including phenoxy) is 2. The minimum absolute atomic E-state index is 0.0210. The zero-order chi connectivity index (χ0) is 14.8. The Hall–Kier alpha value is -1.17. The van der Waals surface area contributed by atoms with Gasteiger partial charge in [0.25, 0.3) is 0 Å². The van der Waals surface area contributed by atoms with Crippen molar-refractivity contribution in [2.24, 2.45) is 5.73 Å². The second-order valence-corrected chi connectivity index (χ2v) is 6.88. The maximum absolute atomic E-state index is 5.93. The Bertz CT molecular complexity index is 661. The highest BCUT2D eigenvalue weighted by Crippen LogP contribution is 2.38. The molecule has 0 saturated heterocycles. The molecule has 0 aromatic heterocycles. The summed E-state index contributed by atoms with van der Waals surface area (Å²) in [6.45, 7) is 3.20. The van der Waals surface area contributed by atoms with Crippen LogP contribution in [-0.4, -0.2) is 13.2 Å². The van der Waals surface area contributed by atoms with E-state index in [2.05, 4.69) is 34.1 Å². The Morgan fingerprint density at radius 1 is 1.05 bits per heavy atom. The van der Waals surface area contributed by atoms with Gasteiger partial charge >= 0.3 is 0 Å². The predicted molar refractivity (Wildman–Crippen MR) is 88.3 cm³/mol. The summed E-state index contributed by atoms with van der Waals surface area (Å²) < 4.78 is 12.2. The van der Waals surface area contributed by atoms with Crippen molar-refractivity contribution in [3.8, 4) is 11.5 Å². The molecule has 1 heterocycles. The van der Waals surface area contributed by atoms with Gasteiger partial charge in [0, 0.05) is 20.3 Å². The number of nitrogens with two attached hydrogens (primary N) is 1. The van der Waals surface area contributed by atoms with Gasteiger partial charge in [-0.2, -0.15) is 0 Å². The fourth-order valence-corrected chi connectivity index (χ4v) is 3.94. The van der Waals surface area contributed by atoms with Gasteiger partial charge in [-0.1, -0.05) is 33.8 Å². The van der Waals surface area contributed by atoms with E-state index in [0.29, 0.717) is 13.2 Å². The van der Waals surface area contributed by atoms with Crippen LogP contribution in [0.1, 0.15) is 18.5 Å². The number of benzene rings is 2. The second-order valence-electron chi connectivity index (χ2n) is 4.88. The third-order valence-corrected chi connectivity index (χ3v) is 4.88. The van der Waals surface area contributed by atoms with Crippen molar-refractivity contribution < 1.29 is 9.47 Å². The molecule has 21 heavy (non-hydrogen) atoms. The van der Waals surface area contributed by atoms with E-state index in [0.717, 1.165) is 31.3 Å². The fourth-order valence-electron chi connectivity index (χ4n) is 2.16. The maximum Gasteiger partial charge on any atom is 0.162 e. The predicted octanol–water partition coefficient (Wildman–Crippen LogP) is 4.39. The first kappa shape index (κ1) is 14.8. The number of hydrogen-bond acceptors (Lipinski definition) is 4. The first-order valence-electron chi connectivity index (χ1n) is 6.76. The van der Waals surface area contributed by atoms with Crippen molar-refractivity contribution >= 4 is 27.7 Å². The minimum atomic E-state index is 0.0210. The normalized spacial score (nSPS) is 14.8. The van der Waals surface area contributed by atoms with Crippen LogP contribution in [0, 0.1) is 0 Å². The summed E-state index contributed by atoms with van der Waals surface area (Å²) in [5.41, 5.74) is 7.04. The van der Waals surface area contributed by atoms with Crippen molar-refractivity contribution in [1.82, 2.24) is 0 Å². The molecule has 0 spiro atoms. The van der Waals surface area contributed by atoms with Crippen LogP contribution >= 0.6 is 27.7 Å². The van der Waals surface area contributed by atoms with Gasteiger partial charge in [-0.3, -0.25) is 0 Å². The average molecular weight is 366 g/mol. The molecule has 5 heteroatoms. The van der Waals surface area contributed by atoms with E-state index in [4.69, 9.17) is 15.2 Å². The molecule has 1 aliphatic heterocycles. The molecule has 0 bridgehead atoms. The van der Waals surface area contributed by atoms with Gasteiger partial charge in [0.1, 0.15) is 13.2 Å². The third-order valence-electron chi connectivity index (χ3n) is 3.21. The van der Waals surface area contributed by atoms with Crippen LogP contribution in [0.3, 0.4) is 0 Å². The molecule has 0 aliphatic carbocycles. The van der Waals surface area contributed by atoms with Gasteiger partial charge in [0.2, 0.25) is 0 Å². The molecule has 2 N–H and O–H groups in total. The molecular formula is C16H16BrNO2S. The Labute approximate surface area is 137 Å². The maximum atomic E-state index is 5.93. The smallest absolute Gasteiger partial charge is 0.162 e. The van der Waals surface area contributed by atoms with Crippen molar-refractivity contribution in [1.29, 1.82) is 0 Å². The highest BCUT2D eigenvalue weighted by atomic mass is 79.9. The van der Waals surface area contributed by atoms with Crippen molar-refractivity contribution in [3.05, 3.63) is 46.4 Å². The first-order chi connectivity index (χ1) is 10.1. The molecule has 3 nitrogen and oxygen atoms in total. The third kappa shape index (κ3) is 3.36. The van der Waals surface area contributed by atoms with Gasteiger partial charge in [0.05, 0.1) is 0 Å². The zero-order valence-corrected chi connectivity index (χ0v) is 14.0. The lowest BCUT2D eigenvalue weighted by molar-refractivity contribution is 0.171. The zero-order valence-electron chi connectivity index (χ0n) is 11.6. The second kappa shape index (κ2) is 6.30. The molecule has 0 amide bonds. The fraction of sp³-hybridized carbons (Fsp3) is 0.250. The molecule has 0 radical (unpaired) electrons. The van der Waals surface area contributed by atoms with Crippen LogP contribution in [0.5, 0.6) is 11.5 Å². The Morgan fingerprint density at radius 2 is 1.71 bits per heavy atom. The largest absolute Gasteiger partial charge is 0.486 e. The monoisotopic (exact) mass is 365 g/mol. The van der Waals surface area contributed by atoms with E-state index in [1.165, 1.54) is 0 Å². The van der Waals surface area contributed by atoms with Crippen LogP contribution in [0.15, 0.2) is 50.7 Å². The molecule has 0 unspecified atom stereocenters. The van der Waals surface area contributed by atoms with Crippen molar-refractivity contribution in [3.63, 3.8) is 0 Å². The molecule has 2 aromatic carbocycles. The topological polar surface area (TPSA) is 44.5 Å². The lowest BCUT2D eigenvalue weighted by atomic mass is 10.1. The van der Waals surface area contributed by atoms with Gasteiger partial charge in [-0.25, -0.2) is 0 Å². The van der Waals surface area contributed by atoms with Crippen LogP contribution in [-0.2, 0) is 0 Å². The van der Waals surface area contributed by atoms with Crippen LogP contribution in [0.25, 0.3) is 0 Å². The molecule has 0 saturated carbocycles. The van der Waals surface area contributed by atoms with Gasteiger partial charge in [0.15, 0.2) is 11.5 Å². The summed E-state index contributed by atoms with van der Waals surface area (Å²) in [6.07, 6.45) is 0. The lowest BCUT2D eigenvalue weighted by Gasteiger charge is -2.18. The van der Waals surface area contributed by atoms with Gasteiger partial charge in [-0.15, -0.1) is 0 Å². The van der Waals surface area contributed by atoms with Crippen LogP contribution in [0.4, 0.5) is 0 Å². The van der Waals surface area contributed by atoms with E-state index in [1.807, 2.05) is 25.1 Å². The Kier molecular flexibility index (Phi) is 4.42. The summed E-state index contributed by atoms with van der Waals surface area (Å²) in [5.74, 6) is 1.64. The highest BCUT2D eigenvalue weighted by Gasteiger charge is 2.12.